The third-order valence-corrected chi connectivity index (χ3v) is 5.66. The Balaban J connectivity index is 1.73. The molecule has 9 nitrogen and oxygen atoms in total. The molecule has 0 spiro atoms. The number of carbonyl (C=O) groups is 4. The predicted molar refractivity (Wildman–Crippen MR) is 118 cm³/mol. The van der Waals surface area contributed by atoms with Crippen molar-refractivity contribution in [2.24, 2.45) is 0 Å². The number of likely N-dealkylation sites (N-methyl/N-ethyl adjacent to an activating group) is 1. The predicted octanol–water partition coefficient (Wildman–Crippen LogP) is 2.39. The average molecular weight is 454 g/mol. The van der Waals surface area contributed by atoms with Crippen LogP contribution in [0.3, 0.4) is 0 Å². The monoisotopic (exact) mass is 454 g/mol. The van der Waals surface area contributed by atoms with Gasteiger partial charge in [0, 0.05) is 13.0 Å². The second kappa shape index (κ2) is 10.2. The topological polar surface area (TPSA) is 122 Å². The number of hydrogen-bond acceptors (Lipinski definition) is 6. The van der Waals surface area contributed by atoms with Gasteiger partial charge in [0.25, 0.3) is 5.91 Å². The maximum Gasteiger partial charge on any atom is 0.408 e. The normalized spacial score (nSPS) is 13.8. The Morgan fingerprint density at radius 1 is 1.00 bits per heavy atom. The molecule has 3 rings (SSSR count). The quantitative estimate of drug-likeness (QED) is 0.464. The first-order chi connectivity index (χ1) is 15.8. The molecule has 2 N–H and O–H groups in total. The zero-order valence-corrected chi connectivity index (χ0v) is 18.6. The number of esters is 1. The van der Waals surface area contributed by atoms with Gasteiger partial charge in [-0.15, -0.1) is 0 Å². The molecule has 2 amide bonds. The first-order valence-electron chi connectivity index (χ1n) is 10.5. The number of aliphatic carboxylic acids is 1. The number of benzene rings is 2. The Kier molecular flexibility index (Phi) is 7.32. The number of carbonyl (C=O) groups excluding carboxylic acids is 3. The number of rotatable bonds is 8. The van der Waals surface area contributed by atoms with E-state index in [1.54, 1.807) is 6.92 Å². The van der Waals surface area contributed by atoms with Crippen molar-refractivity contribution in [3.05, 3.63) is 59.7 Å². The van der Waals surface area contributed by atoms with E-state index >= 15 is 0 Å². The first kappa shape index (κ1) is 23.8. The minimum atomic E-state index is -1.73. The molecule has 2 aromatic rings. The van der Waals surface area contributed by atoms with Crippen molar-refractivity contribution >= 4 is 23.9 Å². The largest absolute Gasteiger partial charge is 0.480 e. The maximum absolute atomic E-state index is 12.7. The summed E-state index contributed by atoms with van der Waals surface area (Å²) in [5, 5.41) is 11.4. The van der Waals surface area contributed by atoms with Crippen LogP contribution in [0.25, 0.3) is 11.1 Å². The van der Waals surface area contributed by atoms with E-state index in [9.17, 15) is 19.2 Å². The van der Waals surface area contributed by atoms with E-state index in [1.807, 2.05) is 48.5 Å². The molecule has 1 aliphatic rings. The van der Waals surface area contributed by atoms with Gasteiger partial charge in [-0.05, 0) is 36.1 Å². The fraction of sp³-hybridized carbons (Fsp3) is 0.333. The highest BCUT2D eigenvalue weighted by Gasteiger charge is 2.36. The van der Waals surface area contributed by atoms with E-state index in [-0.39, 0.29) is 19.1 Å². The summed E-state index contributed by atoms with van der Waals surface area (Å²) in [5.41, 5.74) is 4.15. The Labute approximate surface area is 191 Å². The Hall–Kier alpha value is -3.88. The van der Waals surface area contributed by atoms with Crippen molar-refractivity contribution in [3.8, 4) is 11.1 Å². The summed E-state index contributed by atoms with van der Waals surface area (Å²) in [6, 6.07) is 12.7. The summed E-state index contributed by atoms with van der Waals surface area (Å²) in [6.45, 7) is 2.81. The number of fused-ring (bicyclic) bond motifs is 3. The van der Waals surface area contributed by atoms with Gasteiger partial charge in [0.1, 0.15) is 12.6 Å². The van der Waals surface area contributed by atoms with Gasteiger partial charge in [0.05, 0.1) is 6.61 Å². The minimum Gasteiger partial charge on any atom is -0.480 e. The minimum absolute atomic E-state index is 0.00896. The number of amides is 2. The van der Waals surface area contributed by atoms with Gasteiger partial charge in [-0.2, -0.15) is 0 Å². The number of nitrogens with zero attached hydrogens (tertiary/aromatic N) is 1. The number of carboxylic acid groups (broad SMARTS) is 1. The van der Waals surface area contributed by atoms with E-state index in [1.165, 1.54) is 14.0 Å². The Morgan fingerprint density at radius 2 is 1.55 bits per heavy atom. The molecule has 0 aromatic heterocycles. The second-order valence-electron chi connectivity index (χ2n) is 7.62. The van der Waals surface area contributed by atoms with Crippen LogP contribution >= 0.6 is 0 Å². The van der Waals surface area contributed by atoms with Crippen LogP contribution in [-0.4, -0.2) is 66.3 Å². The van der Waals surface area contributed by atoms with Crippen LogP contribution < -0.4 is 5.32 Å². The SMILES string of the molecule is CCOC(=O)C(NC(=O)OCC1c2ccccc2-c2ccccc21)C(=O)N(C)[C@@H](C)C(=O)O. The van der Waals surface area contributed by atoms with Crippen molar-refractivity contribution < 1.29 is 33.8 Å². The number of carboxylic acids is 1. The lowest BCUT2D eigenvalue weighted by molar-refractivity contribution is -0.156. The fourth-order valence-electron chi connectivity index (χ4n) is 3.77. The van der Waals surface area contributed by atoms with E-state index in [4.69, 9.17) is 14.6 Å². The highest BCUT2D eigenvalue weighted by Crippen LogP contribution is 2.44. The van der Waals surface area contributed by atoms with Gasteiger partial charge in [0.2, 0.25) is 6.04 Å². The molecule has 0 saturated carbocycles. The molecular formula is C24H26N2O7. The molecule has 0 heterocycles. The lowest BCUT2D eigenvalue weighted by Crippen LogP contribution is -2.55. The molecular weight excluding hydrogens is 428 g/mol. The Bertz CT molecular complexity index is 1020. The fourth-order valence-corrected chi connectivity index (χ4v) is 3.77. The third-order valence-electron chi connectivity index (χ3n) is 5.66. The lowest BCUT2D eigenvalue weighted by atomic mass is 9.98. The summed E-state index contributed by atoms with van der Waals surface area (Å²) in [7, 11) is 1.23. The molecule has 1 unspecified atom stereocenters. The zero-order chi connectivity index (χ0) is 24.1. The molecule has 2 atom stereocenters. The number of ether oxygens (including phenoxy) is 2. The van der Waals surface area contributed by atoms with Crippen molar-refractivity contribution in [3.63, 3.8) is 0 Å². The first-order valence-corrected chi connectivity index (χ1v) is 10.5. The second-order valence-corrected chi connectivity index (χ2v) is 7.62. The molecule has 2 aromatic carbocycles. The number of alkyl carbamates (subject to hydrolysis) is 1. The molecule has 33 heavy (non-hydrogen) atoms. The average Bonchev–Trinajstić information content (AvgIpc) is 3.13. The van der Waals surface area contributed by atoms with Crippen LogP contribution in [0.4, 0.5) is 4.79 Å². The Morgan fingerprint density at radius 3 is 2.06 bits per heavy atom. The van der Waals surface area contributed by atoms with Gasteiger partial charge < -0.3 is 19.5 Å². The summed E-state index contributed by atoms with van der Waals surface area (Å²) < 4.78 is 10.3. The third kappa shape index (κ3) is 4.97. The van der Waals surface area contributed by atoms with E-state index in [2.05, 4.69) is 5.32 Å². The van der Waals surface area contributed by atoms with E-state index in [0.29, 0.717) is 0 Å². The number of nitrogens with one attached hydrogen (secondary N) is 1. The van der Waals surface area contributed by atoms with Crippen LogP contribution in [-0.2, 0) is 23.9 Å². The molecule has 0 saturated heterocycles. The number of hydrogen-bond donors (Lipinski definition) is 2. The zero-order valence-electron chi connectivity index (χ0n) is 18.6. The highest BCUT2D eigenvalue weighted by molar-refractivity contribution is 6.05. The van der Waals surface area contributed by atoms with Gasteiger partial charge in [-0.1, -0.05) is 48.5 Å². The smallest absolute Gasteiger partial charge is 0.408 e. The van der Waals surface area contributed by atoms with Gasteiger partial charge in [0.15, 0.2) is 0 Å². The van der Waals surface area contributed by atoms with E-state index in [0.717, 1.165) is 27.2 Å². The van der Waals surface area contributed by atoms with Gasteiger partial charge >= 0.3 is 18.0 Å². The molecule has 0 radical (unpaired) electrons. The van der Waals surface area contributed by atoms with Crippen LogP contribution in [0, 0.1) is 0 Å². The molecule has 0 fully saturated rings. The van der Waals surface area contributed by atoms with Gasteiger partial charge in [-0.3, -0.25) is 10.1 Å². The lowest BCUT2D eigenvalue weighted by Gasteiger charge is -2.26. The van der Waals surface area contributed by atoms with Crippen molar-refractivity contribution in [2.45, 2.75) is 31.8 Å². The summed E-state index contributed by atoms with van der Waals surface area (Å²) >= 11 is 0. The summed E-state index contributed by atoms with van der Waals surface area (Å²) in [6.07, 6.45) is -0.986. The molecule has 0 bridgehead atoms. The maximum atomic E-state index is 12.7. The molecule has 174 valence electrons. The van der Waals surface area contributed by atoms with Crippen molar-refractivity contribution in [1.29, 1.82) is 0 Å². The van der Waals surface area contributed by atoms with Gasteiger partial charge in [-0.25, -0.2) is 14.4 Å². The highest BCUT2D eigenvalue weighted by atomic mass is 16.6. The van der Waals surface area contributed by atoms with Crippen LogP contribution in [0.1, 0.15) is 30.9 Å². The molecule has 0 aliphatic heterocycles. The van der Waals surface area contributed by atoms with Crippen LogP contribution in [0.15, 0.2) is 48.5 Å². The molecule has 9 heteroatoms. The summed E-state index contributed by atoms with van der Waals surface area (Å²) in [4.78, 5) is 49.7. The van der Waals surface area contributed by atoms with Crippen LogP contribution in [0.2, 0.25) is 0 Å². The molecule has 1 aliphatic carbocycles. The summed E-state index contributed by atoms with van der Waals surface area (Å²) in [5.74, 6) is -3.37. The van der Waals surface area contributed by atoms with E-state index < -0.39 is 36.0 Å². The standard InChI is InChI=1S/C24H26N2O7/c1-4-32-23(30)20(21(27)26(3)14(2)22(28)29)25-24(31)33-13-19-17-11-7-5-9-15(17)16-10-6-8-12-18(16)19/h5-12,14,19-20H,4,13H2,1-3H3,(H,25,31)(H,28,29)/t14-,20?/m0/s1. The van der Waals surface area contributed by atoms with Crippen molar-refractivity contribution in [1.82, 2.24) is 10.2 Å². The van der Waals surface area contributed by atoms with Crippen LogP contribution in [0.5, 0.6) is 0 Å². The van der Waals surface area contributed by atoms with Crippen molar-refractivity contribution in [2.75, 3.05) is 20.3 Å².